The zero-order chi connectivity index (χ0) is 14.2. The summed E-state index contributed by atoms with van der Waals surface area (Å²) >= 11 is 3.38. The van der Waals surface area contributed by atoms with Crippen LogP contribution in [-0.4, -0.2) is 19.9 Å². The van der Waals surface area contributed by atoms with Gasteiger partial charge in [-0.2, -0.15) is 0 Å². The normalized spacial score (nSPS) is 14.9. The van der Waals surface area contributed by atoms with Crippen LogP contribution in [0.1, 0.15) is 12.0 Å². The van der Waals surface area contributed by atoms with Crippen LogP contribution in [-0.2, 0) is 16.4 Å². The Kier molecular flexibility index (Phi) is 3.52. The van der Waals surface area contributed by atoms with E-state index in [4.69, 9.17) is 0 Å². The molecule has 0 fully saturated rings. The van der Waals surface area contributed by atoms with Crippen LogP contribution in [0.25, 0.3) is 0 Å². The van der Waals surface area contributed by atoms with Gasteiger partial charge in [-0.25, -0.2) is 17.7 Å². The fourth-order valence-corrected chi connectivity index (χ4v) is 4.25. The molecule has 0 radical (unpaired) electrons. The van der Waals surface area contributed by atoms with Crippen molar-refractivity contribution in [2.45, 2.75) is 17.7 Å². The Hall–Kier alpha value is -1.40. The maximum absolute atomic E-state index is 12.7. The van der Waals surface area contributed by atoms with E-state index >= 15 is 0 Å². The van der Waals surface area contributed by atoms with E-state index in [2.05, 4.69) is 20.9 Å². The number of anilines is 1. The standard InChI is InChI=1S/C14H13BrN2O2S/c15-12-9-11-5-4-8-17(14(11)16-10-12)20(18,19)13-6-2-1-3-7-13/h1-3,6-7,9-10H,4-5,8H2. The fraction of sp³-hybridized carbons (Fsp3) is 0.214. The minimum absolute atomic E-state index is 0.303. The summed E-state index contributed by atoms with van der Waals surface area (Å²) in [6, 6.07) is 10.4. The molecule has 0 aliphatic carbocycles. The number of nitrogens with zero attached hydrogens (tertiary/aromatic N) is 2. The van der Waals surface area contributed by atoms with E-state index in [0.29, 0.717) is 17.3 Å². The Morgan fingerprint density at radius 1 is 1.20 bits per heavy atom. The molecule has 2 aromatic rings. The van der Waals surface area contributed by atoms with E-state index in [1.165, 1.54) is 4.31 Å². The van der Waals surface area contributed by atoms with E-state index in [1.807, 2.05) is 6.07 Å². The van der Waals surface area contributed by atoms with Crippen LogP contribution in [0.5, 0.6) is 0 Å². The SMILES string of the molecule is O=S(=O)(c1ccccc1)N1CCCc2cc(Br)cnc21. The molecule has 2 heterocycles. The van der Waals surface area contributed by atoms with Gasteiger partial charge in [-0.15, -0.1) is 0 Å². The van der Waals surface area contributed by atoms with Gasteiger partial charge >= 0.3 is 0 Å². The summed E-state index contributed by atoms with van der Waals surface area (Å²) in [5.74, 6) is 0.545. The predicted octanol–water partition coefficient (Wildman–Crippen LogP) is 2.99. The number of hydrogen-bond donors (Lipinski definition) is 0. The molecule has 20 heavy (non-hydrogen) atoms. The molecule has 0 saturated carbocycles. The van der Waals surface area contributed by atoms with Crippen molar-refractivity contribution in [1.29, 1.82) is 0 Å². The van der Waals surface area contributed by atoms with Crippen LogP contribution in [0.2, 0.25) is 0 Å². The van der Waals surface area contributed by atoms with Crippen molar-refractivity contribution in [2.24, 2.45) is 0 Å². The number of aromatic nitrogens is 1. The highest BCUT2D eigenvalue weighted by Gasteiger charge is 2.30. The number of halogens is 1. The first kappa shape index (κ1) is 13.6. The van der Waals surface area contributed by atoms with Crippen LogP contribution in [0.3, 0.4) is 0 Å². The minimum Gasteiger partial charge on any atom is -0.250 e. The summed E-state index contributed by atoms with van der Waals surface area (Å²) in [5, 5.41) is 0. The molecule has 6 heteroatoms. The van der Waals surface area contributed by atoms with Crippen LogP contribution < -0.4 is 4.31 Å². The molecule has 0 amide bonds. The summed E-state index contributed by atoms with van der Waals surface area (Å²) in [6.07, 6.45) is 3.29. The third-order valence-corrected chi connectivity index (χ3v) is 5.52. The molecule has 0 atom stereocenters. The lowest BCUT2D eigenvalue weighted by atomic mass is 10.1. The molecule has 3 rings (SSSR count). The number of sulfonamides is 1. The summed E-state index contributed by atoms with van der Waals surface area (Å²) in [7, 11) is -3.53. The summed E-state index contributed by atoms with van der Waals surface area (Å²) in [6.45, 7) is 0.471. The number of benzene rings is 1. The smallest absolute Gasteiger partial charge is 0.250 e. The first-order valence-corrected chi connectivity index (χ1v) is 8.54. The van der Waals surface area contributed by atoms with Gasteiger partial charge in [-0.3, -0.25) is 0 Å². The zero-order valence-corrected chi connectivity index (χ0v) is 13.1. The van der Waals surface area contributed by atoms with Crippen molar-refractivity contribution >= 4 is 31.8 Å². The molecule has 0 spiro atoms. The van der Waals surface area contributed by atoms with E-state index in [1.54, 1.807) is 36.5 Å². The Labute approximate surface area is 126 Å². The first-order valence-electron chi connectivity index (χ1n) is 6.31. The largest absolute Gasteiger partial charge is 0.265 e. The Balaban J connectivity index is 2.09. The van der Waals surface area contributed by atoms with Gasteiger partial charge < -0.3 is 0 Å². The van der Waals surface area contributed by atoms with Gasteiger partial charge in [-0.05, 0) is 52.5 Å². The second kappa shape index (κ2) is 5.18. The van der Waals surface area contributed by atoms with Crippen LogP contribution in [0.15, 0.2) is 52.0 Å². The summed E-state index contributed by atoms with van der Waals surface area (Å²) < 4.78 is 27.7. The molecular formula is C14H13BrN2O2S. The lowest BCUT2D eigenvalue weighted by molar-refractivity contribution is 0.585. The molecule has 0 unspecified atom stereocenters. The molecule has 1 aromatic carbocycles. The summed E-state index contributed by atoms with van der Waals surface area (Å²) in [4.78, 5) is 4.60. The van der Waals surface area contributed by atoms with Gasteiger partial charge in [-0.1, -0.05) is 18.2 Å². The highest BCUT2D eigenvalue weighted by atomic mass is 79.9. The van der Waals surface area contributed by atoms with Crippen molar-refractivity contribution in [3.8, 4) is 0 Å². The topological polar surface area (TPSA) is 50.3 Å². The van der Waals surface area contributed by atoms with Crippen molar-refractivity contribution in [1.82, 2.24) is 4.98 Å². The molecular weight excluding hydrogens is 340 g/mol. The third-order valence-electron chi connectivity index (χ3n) is 3.28. The average Bonchev–Trinajstić information content (AvgIpc) is 2.47. The van der Waals surface area contributed by atoms with Crippen LogP contribution in [0.4, 0.5) is 5.82 Å². The first-order chi connectivity index (χ1) is 9.59. The lowest BCUT2D eigenvalue weighted by Crippen LogP contribution is -2.36. The lowest BCUT2D eigenvalue weighted by Gasteiger charge is -2.29. The summed E-state index contributed by atoms with van der Waals surface area (Å²) in [5.41, 5.74) is 0.963. The molecule has 1 aliphatic heterocycles. The van der Waals surface area contributed by atoms with Crippen molar-refractivity contribution in [3.63, 3.8) is 0 Å². The Morgan fingerprint density at radius 3 is 2.70 bits per heavy atom. The molecule has 1 aromatic heterocycles. The second-order valence-corrected chi connectivity index (χ2v) is 7.41. The predicted molar refractivity (Wildman–Crippen MR) is 81.2 cm³/mol. The molecule has 1 aliphatic rings. The molecule has 4 nitrogen and oxygen atoms in total. The number of pyridine rings is 1. The monoisotopic (exact) mass is 352 g/mol. The molecule has 104 valence electrons. The highest BCUT2D eigenvalue weighted by molar-refractivity contribution is 9.10. The van der Waals surface area contributed by atoms with E-state index in [0.717, 1.165) is 22.9 Å². The average molecular weight is 353 g/mol. The van der Waals surface area contributed by atoms with E-state index in [9.17, 15) is 8.42 Å². The van der Waals surface area contributed by atoms with Gasteiger partial charge in [0.1, 0.15) is 5.82 Å². The maximum Gasteiger partial charge on any atom is 0.265 e. The Morgan fingerprint density at radius 2 is 1.95 bits per heavy atom. The fourth-order valence-electron chi connectivity index (χ4n) is 2.36. The second-order valence-electron chi connectivity index (χ2n) is 4.63. The van der Waals surface area contributed by atoms with E-state index in [-0.39, 0.29) is 0 Å². The molecule has 0 N–H and O–H groups in total. The van der Waals surface area contributed by atoms with Crippen molar-refractivity contribution in [2.75, 3.05) is 10.8 Å². The van der Waals surface area contributed by atoms with Gasteiger partial charge in [0, 0.05) is 17.2 Å². The van der Waals surface area contributed by atoms with E-state index < -0.39 is 10.0 Å². The maximum atomic E-state index is 12.7. The van der Waals surface area contributed by atoms with Crippen molar-refractivity contribution < 1.29 is 8.42 Å². The quantitative estimate of drug-likeness (QED) is 0.834. The van der Waals surface area contributed by atoms with Gasteiger partial charge in [0.25, 0.3) is 10.0 Å². The molecule has 0 bridgehead atoms. The van der Waals surface area contributed by atoms with Crippen LogP contribution >= 0.6 is 15.9 Å². The van der Waals surface area contributed by atoms with Gasteiger partial charge in [0.15, 0.2) is 0 Å². The number of hydrogen-bond acceptors (Lipinski definition) is 3. The Bertz CT molecular complexity index is 732. The van der Waals surface area contributed by atoms with Crippen molar-refractivity contribution in [3.05, 3.63) is 52.6 Å². The number of rotatable bonds is 2. The minimum atomic E-state index is -3.53. The number of aryl methyl sites for hydroxylation is 1. The molecule has 0 saturated heterocycles. The zero-order valence-electron chi connectivity index (χ0n) is 10.7. The third kappa shape index (κ3) is 2.33. The van der Waals surface area contributed by atoms with Gasteiger partial charge in [0.05, 0.1) is 4.90 Å². The van der Waals surface area contributed by atoms with Gasteiger partial charge in [0.2, 0.25) is 0 Å². The van der Waals surface area contributed by atoms with Crippen LogP contribution in [0, 0.1) is 0 Å². The highest BCUT2D eigenvalue weighted by Crippen LogP contribution is 2.31. The number of fused-ring (bicyclic) bond motifs is 1.